The molecule has 1 unspecified atom stereocenters. The van der Waals surface area contributed by atoms with Crippen molar-refractivity contribution in [3.63, 3.8) is 0 Å². The number of carbonyl (C=O) groups excluding carboxylic acids is 1. The molecule has 8 heteroatoms. The molecule has 0 radical (unpaired) electrons. The van der Waals surface area contributed by atoms with Gasteiger partial charge in [0.15, 0.2) is 0 Å². The van der Waals surface area contributed by atoms with Crippen molar-refractivity contribution >= 4 is 37.6 Å². The minimum absolute atomic E-state index is 0.0327. The maximum absolute atomic E-state index is 12.3. The van der Waals surface area contributed by atoms with Crippen LogP contribution in [0.5, 0.6) is 0 Å². The summed E-state index contributed by atoms with van der Waals surface area (Å²) < 4.78 is 31.0. The van der Waals surface area contributed by atoms with E-state index in [9.17, 15) is 13.2 Å². The number of nitrogen functional groups attached to an aromatic ring is 1. The number of benzene rings is 1. The minimum Gasteiger partial charge on any atom is -0.469 e. The average Bonchev–Trinajstić information content (AvgIpc) is 2.40. The molecular weight excluding hydrogens is 348 g/mol. The molecular formula is C12H17BrN2O4S. The average molecular weight is 365 g/mol. The van der Waals surface area contributed by atoms with Crippen LogP contribution in [0.3, 0.4) is 0 Å². The van der Waals surface area contributed by atoms with Crippen LogP contribution in [-0.2, 0) is 19.6 Å². The Balaban J connectivity index is 2.98. The van der Waals surface area contributed by atoms with Gasteiger partial charge in [0, 0.05) is 23.8 Å². The van der Waals surface area contributed by atoms with Gasteiger partial charge in [-0.2, -0.15) is 0 Å². The molecule has 0 fully saturated rings. The number of halogens is 1. The van der Waals surface area contributed by atoms with Crippen molar-refractivity contribution in [3.8, 4) is 0 Å². The van der Waals surface area contributed by atoms with Crippen molar-refractivity contribution in [2.45, 2.75) is 11.8 Å². The van der Waals surface area contributed by atoms with Crippen molar-refractivity contribution in [2.24, 2.45) is 5.92 Å². The highest BCUT2D eigenvalue weighted by molar-refractivity contribution is 9.10. The molecule has 1 aromatic carbocycles. The number of hydrogen-bond acceptors (Lipinski definition) is 5. The zero-order chi connectivity index (χ0) is 15.5. The summed E-state index contributed by atoms with van der Waals surface area (Å²) in [6.07, 6.45) is 0. The van der Waals surface area contributed by atoms with E-state index >= 15 is 0 Å². The molecule has 0 amide bonds. The fourth-order valence-corrected chi connectivity index (χ4v) is 3.16. The van der Waals surface area contributed by atoms with Gasteiger partial charge < -0.3 is 10.5 Å². The number of anilines is 1. The van der Waals surface area contributed by atoms with Gasteiger partial charge in [-0.1, -0.05) is 6.92 Å². The van der Waals surface area contributed by atoms with Crippen LogP contribution in [0.2, 0.25) is 0 Å². The van der Waals surface area contributed by atoms with E-state index in [1.54, 1.807) is 13.0 Å². The second-order valence-electron chi connectivity index (χ2n) is 4.39. The molecule has 0 saturated carbocycles. The Bertz CT molecular complexity index is 603. The summed E-state index contributed by atoms with van der Waals surface area (Å²) in [4.78, 5) is 11.4. The van der Waals surface area contributed by atoms with Gasteiger partial charge in [-0.3, -0.25) is 4.79 Å². The highest BCUT2D eigenvalue weighted by Gasteiger charge is 2.25. The molecule has 1 atom stereocenters. The van der Waals surface area contributed by atoms with Crippen LogP contribution in [0.4, 0.5) is 5.69 Å². The first-order valence-corrected chi connectivity index (χ1v) is 8.02. The molecule has 0 saturated heterocycles. The molecule has 6 nitrogen and oxygen atoms in total. The molecule has 112 valence electrons. The quantitative estimate of drug-likeness (QED) is 0.630. The number of carbonyl (C=O) groups is 1. The molecule has 0 heterocycles. The minimum atomic E-state index is -3.69. The third kappa shape index (κ3) is 3.71. The lowest BCUT2D eigenvalue weighted by atomic mass is 10.2. The van der Waals surface area contributed by atoms with Gasteiger partial charge in [0.25, 0.3) is 0 Å². The number of ether oxygens (including phenoxy) is 1. The Morgan fingerprint density at radius 1 is 1.50 bits per heavy atom. The number of nitrogens with zero attached hydrogens (tertiary/aromatic N) is 1. The van der Waals surface area contributed by atoms with Crippen molar-refractivity contribution in [3.05, 3.63) is 22.7 Å². The van der Waals surface area contributed by atoms with Crippen molar-refractivity contribution in [2.75, 3.05) is 26.4 Å². The lowest BCUT2D eigenvalue weighted by Crippen LogP contribution is -2.34. The Hall–Kier alpha value is -1.12. The van der Waals surface area contributed by atoms with Crippen molar-refractivity contribution < 1.29 is 17.9 Å². The van der Waals surface area contributed by atoms with Crippen LogP contribution in [0.25, 0.3) is 0 Å². The Labute approximate surface area is 127 Å². The van der Waals surface area contributed by atoms with Gasteiger partial charge in [0.05, 0.1) is 17.9 Å². The molecule has 20 heavy (non-hydrogen) atoms. The predicted octanol–water partition coefficient (Wildman–Crippen LogP) is 1.46. The van der Waals surface area contributed by atoms with E-state index in [1.165, 1.54) is 26.3 Å². The van der Waals surface area contributed by atoms with Gasteiger partial charge in [0.2, 0.25) is 10.0 Å². The van der Waals surface area contributed by atoms with Gasteiger partial charge in [-0.25, -0.2) is 12.7 Å². The zero-order valence-electron chi connectivity index (χ0n) is 11.5. The number of nitrogens with two attached hydrogens (primary N) is 1. The van der Waals surface area contributed by atoms with Crippen LogP contribution in [0.1, 0.15) is 6.92 Å². The third-order valence-electron chi connectivity index (χ3n) is 2.81. The number of methoxy groups -OCH3 is 1. The summed E-state index contributed by atoms with van der Waals surface area (Å²) in [6, 6.07) is 4.40. The summed E-state index contributed by atoms with van der Waals surface area (Å²) in [5.41, 5.74) is 6.02. The number of rotatable bonds is 5. The SMILES string of the molecule is COC(=O)C(C)CN(C)S(=O)(=O)c1ccc(Br)c(N)c1. The van der Waals surface area contributed by atoms with E-state index in [-0.39, 0.29) is 11.4 Å². The van der Waals surface area contributed by atoms with Crippen molar-refractivity contribution in [1.82, 2.24) is 4.31 Å². The van der Waals surface area contributed by atoms with Crippen LogP contribution < -0.4 is 5.73 Å². The van der Waals surface area contributed by atoms with E-state index in [2.05, 4.69) is 20.7 Å². The van der Waals surface area contributed by atoms with Crippen LogP contribution in [0.15, 0.2) is 27.6 Å². The lowest BCUT2D eigenvalue weighted by Gasteiger charge is -2.20. The van der Waals surface area contributed by atoms with Crippen LogP contribution in [-0.4, -0.2) is 39.4 Å². The molecule has 0 aliphatic heterocycles. The molecule has 0 aliphatic rings. The second kappa shape index (κ2) is 6.55. The molecule has 0 aromatic heterocycles. The Kier molecular flexibility index (Phi) is 5.55. The van der Waals surface area contributed by atoms with Crippen LogP contribution in [0, 0.1) is 5.92 Å². The monoisotopic (exact) mass is 364 g/mol. The maximum Gasteiger partial charge on any atom is 0.309 e. The van der Waals surface area contributed by atoms with Gasteiger partial charge >= 0.3 is 5.97 Å². The summed E-state index contributed by atoms with van der Waals surface area (Å²) >= 11 is 3.21. The van der Waals surface area contributed by atoms with E-state index in [0.29, 0.717) is 10.2 Å². The number of hydrogen-bond donors (Lipinski definition) is 1. The summed E-state index contributed by atoms with van der Waals surface area (Å²) in [5, 5.41) is 0. The van der Waals surface area contributed by atoms with Crippen LogP contribution >= 0.6 is 15.9 Å². The Morgan fingerprint density at radius 2 is 2.10 bits per heavy atom. The van der Waals surface area contributed by atoms with E-state index < -0.39 is 21.9 Å². The van der Waals surface area contributed by atoms with Gasteiger partial charge in [-0.15, -0.1) is 0 Å². The fraction of sp³-hybridized carbons (Fsp3) is 0.417. The molecule has 1 rings (SSSR count). The first-order valence-electron chi connectivity index (χ1n) is 5.79. The maximum atomic E-state index is 12.3. The second-order valence-corrected chi connectivity index (χ2v) is 7.29. The molecule has 0 spiro atoms. The van der Waals surface area contributed by atoms with E-state index in [1.807, 2.05) is 0 Å². The molecule has 1 aromatic rings. The normalized spacial score (nSPS) is 13.2. The largest absolute Gasteiger partial charge is 0.469 e. The summed E-state index contributed by atoms with van der Waals surface area (Å²) in [7, 11) is -1.01. The zero-order valence-corrected chi connectivity index (χ0v) is 13.9. The summed E-state index contributed by atoms with van der Waals surface area (Å²) in [5.74, 6) is -1.00. The number of esters is 1. The van der Waals surface area contributed by atoms with Gasteiger partial charge in [0.1, 0.15) is 0 Å². The first kappa shape index (κ1) is 16.9. The standard InChI is InChI=1S/C12H17BrN2O4S/c1-8(12(16)19-3)7-15(2)20(17,18)9-4-5-10(13)11(14)6-9/h4-6,8H,7,14H2,1-3H3. The van der Waals surface area contributed by atoms with Gasteiger partial charge in [-0.05, 0) is 34.1 Å². The first-order chi connectivity index (χ1) is 9.20. The predicted molar refractivity (Wildman–Crippen MR) is 79.6 cm³/mol. The Morgan fingerprint density at radius 3 is 2.60 bits per heavy atom. The lowest BCUT2D eigenvalue weighted by molar-refractivity contribution is -0.144. The van der Waals surface area contributed by atoms with E-state index in [4.69, 9.17) is 5.73 Å². The topological polar surface area (TPSA) is 89.7 Å². The molecule has 0 aliphatic carbocycles. The third-order valence-corrected chi connectivity index (χ3v) is 5.35. The summed E-state index contributed by atoms with van der Waals surface area (Å²) in [6.45, 7) is 1.64. The smallest absolute Gasteiger partial charge is 0.309 e. The highest BCUT2D eigenvalue weighted by Crippen LogP contribution is 2.24. The number of sulfonamides is 1. The van der Waals surface area contributed by atoms with Crippen molar-refractivity contribution in [1.29, 1.82) is 0 Å². The molecule has 2 N–H and O–H groups in total. The van der Waals surface area contributed by atoms with E-state index in [0.717, 1.165) is 4.31 Å². The molecule has 0 bridgehead atoms. The fourth-order valence-electron chi connectivity index (χ4n) is 1.62. The highest BCUT2D eigenvalue weighted by atomic mass is 79.9.